The molecule has 1 N–H and O–H groups in total. The minimum absolute atomic E-state index is 0.465. The number of rotatable bonds is 4. The van der Waals surface area contributed by atoms with Crippen LogP contribution >= 0.6 is 0 Å². The quantitative estimate of drug-likeness (QED) is 0.820. The third kappa shape index (κ3) is 2.78. The number of nitriles is 1. The molecule has 2 rings (SSSR count). The number of pyridine rings is 1. The van der Waals surface area contributed by atoms with Crippen molar-refractivity contribution in [2.75, 3.05) is 19.7 Å². The van der Waals surface area contributed by atoms with E-state index < -0.39 is 0 Å². The van der Waals surface area contributed by atoms with Crippen molar-refractivity contribution in [2.24, 2.45) is 5.92 Å². The van der Waals surface area contributed by atoms with Crippen molar-refractivity contribution in [1.29, 1.82) is 5.26 Å². The van der Waals surface area contributed by atoms with Gasteiger partial charge < -0.3 is 10.1 Å². The van der Waals surface area contributed by atoms with E-state index in [0.717, 1.165) is 25.3 Å². The van der Waals surface area contributed by atoms with Gasteiger partial charge in [0.15, 0.2) is 0 Å². The highest BCUT2D eigenvalue weighted by Crippen LogP contribution is 2.10. The van der Waals surface area contributed by atoms with E-state index in [4.69, 9.17) is 10.00 Å². The molecule has 4 nitrogen and oxygen atoms in total. The predicted molar refractivity (Wildman–Crippen MR) is 59.6 cm³/mol. The lowest BCUT2D eigenvalue weighted by molar-refractivity contribution is 0.0921. The zero-order valence-electron chi connectivity index (χ0n) is 9.15. The molecule has 0 bridgehead atoms. The minimum Gasteiger partial charge on any atom is -0.376 e. The topological polar surface area (TPSA) is 57.9 Å². The molecule has 1 saturated heterocycles. The van der Waals surface area contributed by atoms with Gasteiger partial charge in [-0.1, -0.05) is 6.07 Å². The summed E-state index contributed by atoms with van der Waals surface area (Å²) >= 11 is 0. The highest BCUT2D eigenvalue weighted by molar-refractivity contribution is 5.29. The summed E-state index contributed by atoms with van der Waals surface area (Å²) in [6.07, 6.45) is 2.81. The molecular formula is C12H15N3O. The SMILES string of the molecule is N#Cc1ncccc1COCC1CCNC1. The number of aromatic nitrogens is 1. The van der Waals surface area contributed by atoms with E-state index in [1.54, 1.807) is 6.20 Å². The van der Waals surface area contributed by atoms with Gasteiger partial charge in [-0.15, -0.1) is 0 Å². The van der Waals surface area contributed by atoms with Crippen LogP contribution in [0.15, 0.2) is 18.3 Å². The first kappa shape index (κ1) is 11.1. The second kappa shape index (κ2) is 5.59. The van der Waals surface area contributed by atoms with Crippen molar-refractivity contribution in [3.8, 4) is 6.07 Å². The Bertz CT molecular complexity index is 380. The molecule has 1 aliphatic heterocycles. The van der Waals surface area contributed by atoms with Crippen LogP contribution in [0.4, 0.5) is 0 Å². The molecule has 1 aromatic rings. The van der Waals surface area contributed by atoms with Gasteiger partial charge in [-0.25, -0.2) is 4.98 Å². The van der Waals surface area contributed by atoms with Crippen LogP contribution in [0, 0.1) is 17.2 Å². The minimum atomic E-state index is 0.465. The third-order valence-electron chi connectivity index (χ3n) is 2.77. The number of ether oxygens (including phenoxy) is 1. The lowest BCUT2D eigenvalue weighted by Gasteiger charge is -2.09. The first-order valence-corrected chi connectivity index (χ1v) is 5.52. The Balaban J connectivity index is 1.82. The van der Waals surface area contributed by atoms with E-state index in [9.17, 15) is 0 Å². The Kier molecular flexibility index (Phi) is 3.86. The van der Waals surface area contributed by atoms with Gasteiger partial charge in [0.25, 0.3) is 0 Å². The summed E-state index contributed by atoms with van der Waals surface area (Å²) in [7, 11) is 0. The Morgan fingerprint density at radius 2 is 2.56 bits per heavy atom. The summed E-state index contributed by atoms with van der Waals surface area (Å²) < 4.78 is 5.62. The molecule has 1 atom stereocenters. The summed E-state index contributed by atoms with van der Waals surface area (Å²) in [4.78, 5) is 3.99. The molecule has 0 amide bonds. The van der Waals surface area contributed by atoms with Gasteiger partial charge in [-0.2, -0.15) is 5.26 Å². The molecule has 0 spiro atoms. The molecule has 1 aromatic heterocycles. The van der Waals surface area contributed by atoms with E-state index in [1.165, 1.54) is 6.42 Å². The second-order valence-electron chi connectivity index (χ2n) is 4.00. The van der Waals surface area contributed by atoms with Crippen LogP contribution in [-0.4, -0.2) is 24.7 Å². The van der Waals surface area contributed by atoms with Gasteiger partial charge in [-0.3, -0.25) is 0 Å². The smallest absolute Gasteiger partial charge is 0.145 e. The molecule has 1 aliphatic rings. The molecule has 4 heteroatoms. The van der Waals surface area contributed by atoms with Crippen molar-refractivity contribution < 1.29 is 4.74 Å². The average Bonchev–Trinajstić information content (AvgIpc) is 2.83. The van der Waals surface area contributed by atoms with E-state index in [-0.39, 0.29) is 0 Å². The highest BCUT2D eigenvalue weighted by atomic mass is 16.5. The normalized spacial score (nSPS) is 19.6. The number of nitrogens with one attached hydrogen (secondary N) is 1. The van der Waals surface area contributed by atoms with Crippen LogP contribution in [0.2, 0.25) is 0 Å². The standard InChI is InChI=1S/C12H15N3O/c13-6-12-11(2-1-4-15-12)9-16-8-10-3-5-14-7-10/h1-2,4,10,14H,3,5,7-9H2. The highest BCUT2D eigenvalue weighted by Gasteiger charge is 2.14. The molecular weight excluding hydrogens is 202 g/mol. The molecule has 0 aromatic carbocycles. The summed E-state index contributed by atoms with van der Waals surface area (Å²) in [5.41, 5.74) is 1.34. The van der Waals surface area contributed by atoms with Crippen LogP contribution in [0.1, 0.15) is 17.7 Å². The second-order valence-corrected chi connectivity index (χ2v) is 4.00. The number of hydrogen-bond acceptors (Lipinski definition) is 4. The zero-order valence-corrected chi connectivity index (χ0v) is 9.15. The summed E-state index contributed by atoms with van der Waals surface area (Å²) in [6, 6.07) is 5.79. The molecule has 1 unspecified atom stereocenters. The van der Waals surface area contributed by atoms with E-state index in [0.29, 0.717) is 18.2 Å². The maximum atomic E-state index is 8.85. The largest absolute Gasteiger partial charge is 0.376 e. The fourth-order valence-corrected chi connectivity index (χ4v) is 1.85. The van der Waals surface area contributed by atoms with Gasteiger partial charge in [0.05, 0.1) is 13.2 Å². The van der Waals surface area contributed by atoms with Crippen LogP contribution in [0.25, 0.3) is 0 Å². The molecule has 16 heavy (non-hydrogen) atoms. The Hall–Kier alpha value is -1.44. The first-order valence-electron chi connectivity index (χ1n) is 5.52. The Morgan fingerprint density at radius 3 is 3.31 bits per heavy atom. The van der Waals surface area contributed by atoms with Gasteiger partial charge in [0.2, 0.25) is 0 Å². The maximum absolute atomic E-state index is 8.85. The monoisotopic (exact) mass is 217 g/mol. The van der Waals surface area contributed by atoms with Gasteiger partial charge >= 0.3 is 0 Å². The third-order valence-corrected chi connectivity index (χ3v) is 2.77. The fourth-order valence-electron chi connectivity index (χ4n) is 1.85. The van der Waals surface area contributed by atoms with Crippen molar-refractivity contribution in [3.63, 3.8) is 0 Å². The van der Waals surface area contributed by atoms with Crippen molar-refractivity contribution in [2.45, 2.75) is 13.0 Å². The number of hydrogen-bond donors (Lipinski definition) is 1. The van der Waals surface area contributed by atoms with Crippen LogP contribution in [0.3, 0.4) is 0 Å². The lowest BCUT2D eigenvalue weighted by Crippen LogP contribution is -2.14. The Labute approximate surface area is 95.3 Å². The number of nitrogens with zero attached hydrogens (tertiary/aromatic N) is 2. The molecule has 84 valence electrons. The van der Waals surface area contributed by atoms with Crippen LogP contribution in [-0.2, 0) is 11.3 Å². The van der Waals surface area contributed by atoms with Crippen molar-refractivity contribution in [3.05, 3.63) is 29.6 Å². The van der Waals surface area contributed by atoms with Crippen LogP contribution < -0.4 is 5.32 Å². The summed E-state index contributed by atoms with van der Waals surface area (Å²) in [6.45, 7) is 3.36. The predicted octanol–water partition coefficient (Wildman–Crippen LogP) is 1.08. The van der Waals surface area contributed by atoms with Crippen molar-refractivity contribution in [1.82, 2.24) is 10.3 Å². The van der Waals surface area contributed by atoms with E-state index >= 15 is 0 Å². The molecule has 0 radical (unpaired) electrons. The first-order chi connectivity index (χ1) is 7.90. The molecule has 0 aliphatic carbocycles. The van der Waals surface area contributed by atoms with E-state index in [1.807, 2.05) is 12.1 Å². The fraction of sp³-hybridized carbons (Fsp3) is 0.500. The molecule has 1 fully saturated rings. The molecule has 2 heterocycles. The Morgan fingerprint density at radius 1 is 1.62 bits per heavy atom. The summed E-state index contributed by atoms with van der Waals surface area (Å²) in [5.74, 6) is 0.613. The lowest BCUT2D eigenvalue weighted by atomic mass is 10.1. The molecule has 0 saturated carbocycles. The van der Waals surface area contributed by atoms with Gasteiger partial charge in [-0.05, 0) is 24.9 Å². The van der Waals surface area contributed by atoms with Gasteiger partial charge in [0.1, 0.15) is 11.8 Å². The summed E-state index contributed by atoms with van der Waals surface area (Å²) in [5, 5.41) is 12.2. The van der Waals surface area contributed by atoms with E-state index in [2.05, 4.69) is 16.4 Å². The van der Waals surface area contributed by atoms with Gasteiger partial charge in [0, 0.05) is 18.3 Å². The zero-order chi connectivity index (χ0) is 11.2. The maximum Gasteiger partial charge on any atom is 0.145 e. The average molecular weight is 217 g/mol. The van der Waals surface area contributed by atoms with Crippen LogP contribution in [0.5, 0.6) is 0 Å². The van der Waals surface area contributed by atoms with Crippen molar-refractivity contribution >= 4 is 0 Å².